The van der Waals surface area contributed by atoms with Crippen LogP contribution in [0.4, 0.5) is 5.13 Å². The molecule has 0 spiro atoms. The molecule has 0 unspecified atom stereocenters. The maximum atomic E-state index is 12.3. The van der Waals surface area contributed by atoms with Crippen LogP contribution in [0.25, 0.3) is 22.4 Å². The number of aromatic nitrogens is 3. The zero-order valence-corrected chi connectivity index (χ0v) is 13.7. The van der Waals surface area contributed by atoms with Crippen LogP contribution in [0.2, 0.25) is 0 Å². The predicted octanol–water partition coefficient (Wildman–Crippen LogP) is 4.03. The first kappa shape index (κ1) is 14.6. The Morgan fingerprint density at radius 2 is 2.21 bits per heavy atom. The molecule has 0 radical (unpaired) electrons. The van der Waals surface area contributed by atoms with Crippen LogP contribution in [-0.4, -0.2) is 20.7 Å². The zero-order chi connectivity index (χ0) is 16.5. The Labute approximate surface area is 141 Å². The Morgan fingerprint density at radius 3 is 3.04 bits per heavy atom. The van der Waals surface area contributed by atoms with Gasteiger partial charge in [0.25, 0.3) is 5.91 Å². The molecule has 0 fully saturated rings. The molecule has 1 amide bonds. The van der Waals surface area contributed by atoms with Gasteiger partial charge in [0, 0.05) is 23.5 Å². The third-order valence-electron chi connectivity index (χ3n) is 3.65. The highest BCUT2D eigenvalue weighted by Crippen LogP contribution is 2.30. The number of amides is 1. The average Bonchev–Trinajstić information content (AvgIpc) is 3.32. The monoisotopic (exact) mass is 338 g/mol. The summed E-state index contributed by atoms with van der Waals surface area (Å²) in [6.45, 7) is 2.57. The normalized spacial score (nSPS) is 11.0. The zero-order valence-electron chi connectivity index (χ0n) is 12.9. The summed E-state index contributed by atoms with van der Waals surface area (Å²) in [7, 11) is 0. The molecule has 0 saturated heterocycles. The minimum absolute atomic E-state index is 0.222. The van der Waals surface area contributed by atoms with Crippen LogP contribution in [0.15, 0.2) is 52.4 Å². The lowest BCUT2D eigenvalue weighted by Crippen LogP contribution is -2.17. The van der Waals surface area contributed by atoms with Crippen LogP contribution in [0, 0.1) is 0 Å². The van der Waals surface area contributed by atoms with Gasteiger partial charge < -0.3 is 4.42 Å². The van der Waals surface area contributed by atoms with Gasteiger partial charge in [-0.1, -0.05) is 18.2 Å². The molecule has 0 aliphatic rings. The Kier molecular flexibility index (Phi) is 3.62. The van der Waals surface area contributed by atoms with Crippen molar-refractivity contribution in [3.8, 4) is 11.5 Å². The number of para-hydroxylation sites is 1. The van der Waals surface area contributed by atoms with E-state index in [1.807, 2.05) is 42.6 Å². The van der Waals surface area contributed by atoms with Gasteiger partial charge in [-0.15, -0.1) is 11.3 Å². The SMILES string of the molecule is CCn1nccc1C(=O)Nc1nc(-c2cc3ccccc3o2)cs1. The second kappa shape index (κ2) is 5.93. The summed E-state index contributed by atoms with van der Waals surface area (Å²) in [6, 6.07) is 11.4. The fraction of sp³-hybridized carbons (Fsp3) is 0.118. The number of nitrogens with zero attached hydrogens (tertiary/aromatic N) is 3. The van der Waals surface area contributed by atoms with Gasteiger partial charge in [0.1, 0.15) is 17.0 Å². The van der Waals surface area contributed by atoms with Gasteiger partial charge in [0.2, 0.25) is 0 Å². The molecule has 0 aliphatic carbocycles. The molecule has 0 saturated carbocycles. The summed E-state index contributed by atoms with van der Waals surface area (Å²) in [4.78, 5) is 16.8. The van der Waals surface area contributed by atoms with Crippen LogP contribution in [0.5, 0.6) is 0 Å². The number of hydrogen-bond acceptors (Lipinski definition) is 5. The van der Waals surface area contributed by atoms with Crippen LogP contribution in [-0.2, 0) is 6.54 Å². The van der Waals surface area contributed by atoms with Gasteiger partial charge in [-0.3, -0.25) is 14.8 Å². The molecule has 7 heteroatoms. The van der Waals surface area contributed by atoms with E-state index in [2.05, 4.69) is 15.4 Å². The molecule has 120 valence electrons. The van der Waals surface area contributed by atoms with Crippen LogP contribution in [0.3, 0.4) is 0 Å². The summed E-state index contributed by atoms with van der Waals surface area (Å²) in [5, 5.41) is 10.3. The molecule has 3 heterocycles. The van der Waals surface area contributed by atoms with E-state index >= 15 is 0 Å². The van der Waals surface area contributed by atoms with Crippen LogP contribution >= 0.6 is 11.3 Å². The number of benzene rings is 1. The summed E-state index contributed by atoms with van der Waals surface area (Å²) in [5.41, 5.74) is 2.03. The van der Waals surface area contributed by atoms with Crippen LogP contribution in [0.1, 0.15) is 17.4 Å². The van der Waals surface area contributed by atoms with E-state index in [-0.39, 0.29) is 5.91 Å². The summed E-state index contributed by atoms with van der Waals surface area (Å²) >= 11 is 1.36. The van der Waals surface area contributed by atoms with E-state index in [1.165, 1.54) is 11.3 Å². The Balaban J connectivity index is 1.57. The second-order valence-electron chi connectivity index (χ2n) is 5.17. The van der Waals surface area contributed by atoms with Crippen molar-refractivity contribution in [3.05, 3.63) is 53.7 Å². The van der Waals surface area contributed by atoms with Gasteiger partial charge in [0.05, 0.1) is 0 Å². The van der Waals surface area contributed by atoms with Crippen molar-refractivity contribution in [2.75, 3.05) is 5.32 Å². The largest absolute Gasteiger partial charge is 0.454 e. The number of nitrogens with one attached hydrogen (secondary N) is 1. The first-order chi connectivity index (χ1) is 11.7. The smallest absolute Gasteiger partial charge is 0.275 e. The quantitative estimate of drug-likeness (QED) is 0.610. The minimum atomic E-state index is -0.222. The maximum absolute atomic E-state index is 12.3. The molecule has 1 aromatic carbocycles. The van der Waals surface area contributed by atoms with Gasteiger partial charge in [-0.05, 0) is 25.1 Å². The van der Waals surface area contributed by atoms with E-state index in [0.29, 0.717) is 28.8 Å². The molecular weight excluding hydrogens is 324 g/mol. The lowest BCUT2D eigenvalue weighted by atomic mass is 10.2. The van der Waals surface area contributed by atoms with E-state index in [4.69, 9.17) is 4.42 Å². The summed E-state index contributed by atoms with van der Waals surface area (Å²) in [5.74, 6) is 0.464. The lowest BCUT2D eigenvalue weighted by Gasteiger charge is -2.03. The number of rotatable bonds is 4. The number of hydrogen-bond donors (Lipinski definition) is 1. The number of anilines is 1. The maximum Gasteiger partial charge on any atom is 0.275 e. The van der Waals surface area contributed by atoms with Crippen LogP contribution < -0.4 is 5.32 Å². The van der Waals surface area contributed by atoms with E-state index in [1.54, 1.807) is 16.9 Å². The molecule has 0 bridgehead atoms. The molecule has 4 aromatic rings. The van der Waals surface area contributed by atoms with Crippen molar-refractivity contribution in [2.24, 2.45) is 0 Å². The fourth-order valence-electron chi connectivity index (χ4n) is 2.49. The van der Waals surface area contributed by atoms with E-state index in [0.717, 1.165) is 11.0 Å². The van der Waals surface area contributed by atoms with Gasteiger partial charge in [-0.25, -0.2) is 4.98 Å². The van der Waals surface area contributed by atoms with Crippen molar-refractivity contribution >= 4 is 33.3 Å². The lowest BCUT2D eigenvalue weighted by molar-refractivity contribution is 0.101. The molecule has 6 nitrogen and oxygen atoms in total. The first-order valence-corrected chi connectivity index (χ1v) is 8.40. The number of carbonyl (C=O) groups excluding carboxylic acids is 1. The number of furan rings is 1. The third kappa shape index (κ3) is 2.59. The highest BCUT2D eigenvalue weighted by molar-refractivity contribution is 7.14. The van der Waals surface area contributed by atoms with Gasteiger partial charge >= 0.3 is 0 Å². The highest BCUT2D eigenvalue weighted by Gasteiger charge is 2.15. The summed E-state index contributed by atoms with van der Waals surface area (Å²) in [6.07, 6.45) is 1.61. The number of fused-ring (bicyclic) bond motifs is 1. The predicted molar refractivity (Wildman–Crippen MR) is 93.2 cm³/mol. The molecule has 24 heavy (non-hydrogen) atoms. The van der Waals surface area contributed by atoms with Crippen molar-refractivity contribution in [3.63, 3.8) is 0 Å². The van der Waals surface area contributed by atoms with Crippen molar-refractivity contribution in [1.29, 1.82) is 0 Å². The van der Waals surface area contributed by atoms with Crippen molar-refractivity contribution in [2.45, 2.75) is 13.5 Å². The third-order valence-corrected chi connectivity index (χ3v) is 4.41. The highest BCUT2D eigenvalue weighted by atomic mass is 32.1. The Hall–Kier alpha value is -2.93. The summed E-state index contributed by atoms with van der Waals surface area (Å²) < 4.78 is 7.44. The number of carbonyl (C=O) groups is 1. The Morgan fingerprint density at radius 1 is 1.33 bits per heavy atom. The number of thiazole rings is 1. The molecule has 0 aliphatic heterocycles. The van der Waals surface area contributed by atoms with Crippen molar-refractivity contribution < 1.29 is 9.21 Å². The standard InChI is InChI=1S/C17H14N4O2S/c1-2-21-13(7-8-18-21)16(22)20-17-19-12(10-24-17)15-9-11-5-3-4-6-14(11)23-15/h3-10H,2H2,1H3,(H,19,20,22). The molecule has 3 aromatic heterocycles. The topological polar surface area (TPSA) is 73.0 Å². The van der Waals surface area contributed by atoms with Gasteiger partial charge in [-0.2, -0.15) is 5.10 Å². The average molecular weight is 338 g/mol. The minimum Gasteiger partial charge on any atom is -0.454 e. The fourth-order valence-corrected chi connectivity index (χ4v) is 3.19. The Bertz CT molecular complexity index is 981. The first-order valence-electron chi connectivity index (χ1n) is 7.52. The van der Waals surface area contributed by atoms with E-state index in [9.17, 15) is 4.79 Å². The molecular formula is C17H14N4O2S. The molecule has 1 N–H and O–H groups in total. The van der Waals surface area contributed by atoms with Gasteiger partial charge in [0.15, 0.2) is 10.9 Å². The number of aryl methyl sites for hydroxylation is 1. The molecule has 0 atom stereocenters. The molecule has 4 rings (SSSR count). The van der Waals surface area contributed by atoms with Crippen molar-refractivity contribution in [1.82, 2.24) is 14.8 Å². The van der Waals surface area contributed by atoms with E-state index < -0.39 is 0 Å². The second-order valence-corrected chi connectivity index (χ2v) is 6.03.